The minimum absolute atomic E-state index is 0.0854. The van der Waals surface area contributed by atoms with Gasteiger partial charge in [0.2, 0.25) is 10.0 Å². The molecule has 11 heteroatoms. The molecule has 174 valence electrons. The van der Waals surface area contributed by atoms with Crippen LogP contribution in [0.25, 0.3) is 10.8 Å². The van der Waals surface area contributed by atoms with Crippen molar-refractivity contribution in [3.8, 4) is 0 Å². The Morgan fingerprint density at radius 2 is 1.82 bits per heavy atom. The molecule has 0 aliphatic heterocycles. The lowest BCUT2D eigenvalue weighted by Gasteiger charge is -2.14. The number of amides is 1. The number of rotatable bonds is 6. The quantitative estimate of drug-likeness (QED) is 0.285. The number of hydrogen-bond donors (Lipinski definition) is 5. The van der Waals surface area contributed by atoms with Crippen molar-refractivity contribution in [2.75, 3.05) is 17.7 Å². The fraction of sp³-hybridized carbons (Fsp3) is 0.0870. The lowest BCUT2D eigenvalue weighted by atomic mass is 10.1. The number of nitrogens with zero attached hydrogens (tertiary/aromatic N) is 1. The highest BCUT2D eigenvalue weighted by Gasteiger charge is 2.16. The third-order valence-corrected chi connectivity index (χ3v) is 6.14. The first-order valence-corrected chi connectivity index (χ1v) is 11.7. The van der Waals surface area contributed by atoms with Crippen molar-refractivity contribution in [2.24, 2.45) is 5.14 Å². The minimum Gasteiger partial charge on any atom is -0.355 e. The SMILES string of the molecule is CNC(=O)c1ccc(Nc2nc(Nc3ccccc3S(N)(=O)=O)cc3cc[nH]c(=O)c23)cc1C. The summed E-state index contributed by atoms with van der Waals surface area (Å²) in [6.07, 6.45) is 1.51. The van der Waals surface area contributed by atoms with Crippen molar-refractivity contribution in [1.29, 1.82) is 0 Å². The Labute approximate surface area is 195 Å². The van der Waals surface area contributed by atoms with Gasteiger partial charge in [0.15, 0.2) is 0 Å². The van der Waals surface area contributed by atoms with E-state index < -0.39 is 10.0 Å². The molecule has 34 heavy (non-hydrogen) atoms. The van der Waals surface area contributed by atoms with Crippen molar-refractivity contribution < 1.29 is 13.2 Å². The molecule has 0 bridgehead atoms. The molecule has 0 aliphatic carbocycles. The molecule has 0 atom stereocenters. The number of benzene rings is 2. The first-order valence-electron chi connectivity index (χ1n) is 10.2. The number of sulfonamides is 1. The molecule has 6 N–H and O–H groups in total. The molecular formula is C23H22N6O4S. The third kappa shape index (κ3) is 4.60. The monoisotopic (exact) mass is 478 g/mol. The predicted octanol–water partition coefficient (Wildman–Crippen LogP) is 2.73. The number of fused-ring (bicyclic) bond motifs is 1. The fourth-order valence-electron chi connectivity index (χ4n) is 3.59. The summed E-state index contributed by atoms with van der Waals surface area (Å²) < 4.78 is 23.9. The van der Waals surface area contributed by atoms with E-state index >= 15 is 0 Å². The Hall–Kier alpha value is -4.22. The second kappa shape index (κ2) is 8.96. The summed E-state index contributed by atoms with van der Waals surface area (Å²) in [7, 11) is -2.41. The molecule has 2 heterocycles. The first kappa shape index (κ1) is 23.0. The number of carbonyl (C=O) groups is 1. The molecule has 0 fully saturated rings. The predicted molar refractivity (Wildman–Crippen MR) is 131 cm³/mol. The molecule has 2 aromatic carbocycles. The summed E-state index contributed by atoms with van der Waals surface area (Å²) in [5.41, 5.74) is 1.78. The topological polar surface area (TPSA) is 159 Å². The van der Waals surface area contributed by atoms with E-state index in [1.807, 2.05) is 0 Å². The van der Waals surface area contributed by atoms with Gasteiger partial charge in [-0.3, -0.25) is 9.59 Å². The number of primary sulfonamides is 1. The van der Waals surface area contributed by atoms with E-state index in [1.165, 1.54) is 12.3 Å². The van der Waals surface area contributed by atoms with E-state index in [0.717, 1.165) is 5.56 Å². The number of nitrogens with one attached hydrogen (secondary N) is 4. The molecule has 1 amide bonds. The fourth-order valence-corrected chi connectivity index (χ4v) is 4.29. The zero-order valence-electron chi connectivity index (χ0n) is 18.3. The van der Waals surface area contributed by atoms with Crippen molar-refractivity contribution in [3.63, 3.8) is 0 Å². The molecule has 0 aliphatic rings. The van der Waals surface area contributed by atoms with Crippen LogP contribution in [0.3, 0.4) is 0 Å². The van der Waals surface area contributed by atoms with Crippen LogP contribution in [0.4, 0.5) is 23.0 Å². The maximum atomic E-state index is 12.6. The van der Waals surface area contributed by atoms with Crippen LogP contribution in [0.1, 0.15) is 15.9 Å². The maximum absolute atomic E-state index is 12.6. The standard InChI is InChI=1S/C23H22N6O4S/c1-13-11-15(7-8-16(13)22(30)25-2)27-21-20-14(9-10-26-23(20)31)12-19(29-21)28-17-5-3-4-6-18(17)34(24,32)33/h3-12H,1-2H3,(H,25,30)(H,26,31)(H2,24,32,33)(H2,27,28,29). The average Bonchev–Trinajstić information content (AvgIpc) is 2.78. The van der Waals surface area contributed by atoms with E-state index in [-0.39, 0.29) is 27.9 Å². The van der Waals surface area contributed by atoms with Crippen LogP contribution in [-0.2, 0) is 10.0 Å². The molecule has 0 saturated heterocycles. The Bertz CT molecular complexity index is 1580. The lowest BCUT2D eigenvalue weighted by Crippen LogP contribution is -2.18. The highest BCUT2D eigenvalue weighted by atomic mass is 32.2. The summed E-state index contributed by atoms with van der Waals surface area (Å²) in [5, 5.41) is 15.0. The van der Waals surface area contributed by atoms with Crippen LogP contribution < -0.4 is 26.6 Å². The molecular weight excluding hydrogens is 456 g/mol. The normalized spacial score (nSPS) is 11.3. The van der Waals surface area contributed by atoms with Crippen molar-refractivity contribution in [2.45, 2.75) is 11.8 Å². The zero-order chi connectivity index (χ0) is 24.5. The van der Waals surface area contributed by atoms with Gasteiger partial charge in [0.25, 0.3) is 11.5 Å². The third-order valence-electron chi connectivity index (χ3n) is 5.17. The van der Waals surface area contributed by atoms with Gasteiger partial charge in [-0.25, -0.2) is 18.5 Å². The highest BCUT2D eigenvalue weighted by Crippen LogP contribution is 2.29. The molecule has 0 radical (unpaired) electrons. The van der Waals surface area contributed by atoms with Crippen LogP contribution in [-0.4, -0.2) is 31.3 Å². The largest absolute Gasteiger partial charge is 0.355 e. The average molecular weight is 479 g/mol. The number of carbonyl (C=O) groups excluding carboxylic acids is 1. The van der Waals surface area contributed by atoms with Crippen molar-refractivity contribution in [3.05, 3.63) is 82.3 Å². The maximum Gasteiger partial charge on any atom is 0.259 e. The van der Waals surface area contributed by atoms with E-state index in [2.05, 4.69) is 25.9 Å². The van der Waals surface area contributed by atoms with Gasteiger partial charge in [-0.15, -0.1) is 0 Å². The summed E-state index contributed by atoms with van der Waals surface area (Å²) in [6.45, 7) is 1.80. The number of H-pyrrole nitrogens is 1. The van der Waals surface area contributed by atoms with Gasteiger partial charge in [0.05, 0.1) is 11.1 Å². The Balaban J connectivity index is 1.80. The van der Waals surface area contributed by atoms with E-state index in [0.29, 0.717) is 27.8 Å². The van der Waals surface area contributed by atoms with Gasteiger partial charge in [-0.2, -0.15) is 0 Å². The van der Waals surface area contributed by atoms with Gasteiger partial charge in [0.1, 0.15) is 16.5 Å². The van der Waals surface area contributed by atoms with E-state index in [9.17, 15) is 18.0 Å². The molecule has 4 aromatic rings. The van der Waals surface area contributed by atoms with Gasteiger partial charge in [-0.05, 0) is 60.3 Å². The van der Waals surface area contributed by atoms with Crippen molar-refractivity contribution >= 4 is 49.7 Å². The van der Waals surface area contributed by atoms with E-state index in [1.54, 1.807) is 62.5 Å². The summed E-state index contributed by atoms with van der Waals surface area (Å²) in [4.78, 5) is 31.7. The van der Waals surface area contributed by atoms with Crippen molar-refractivity contribution in [1.82, 2.24) is 15.3 Å². The minimum atomic E-state index is -3.97. The number of pyridine rings is 2. The van der Waals surface area contributed by atoms with Crippen LogP contribution >= 0.6 is 0 Å². The molecule has 2 aromatic heterocycles. The lowest BCUT2D eigenvalue weighted by molar-refractivity contribution is 0.0962. The molecule has 10 nitrogen and oxygen atoms in total. The Morgan fingerprint density at radius 1 is 1.06 bits per heavy atom. The summed E-state index contributed by atoms with van der Waals surface area (Å²) >= 11 is 0. The molecule has 0 saturated carbocycles. The molecule has 0 spiro atoms. The second-order valence-electron chi connectivity index (χ2n) is 7.53. The van der Waals surface area contributed by atoms with Gasteiger partial charge < -0.3 is 20.9 Å². The van der Waals surface area contributed by atoms with Crippen LogP contribution in [0.15, 0.2) is 70.5 Å². The summed E-state index contributed by atoms with van der Waals surface area (Å²) in [6, 6.07) is 14.7. The number of hydrogen-bond acceptors (Lipinski definition) is 7. The highest BCUT2D eigenvalue weighted by molar-refractivity contribution is 7.89. The number of para-hydroxylation sites is 1. The number of aromatic nitrogens is 2. The van der Waals surface area contributed by atoms with Crippen LogP contribution in [0.2, 0.25) is 0 Å². The summed E-state index contributed by atoms with van der Waals surface area (Å²) in [5.74, 6) is 0.348. The number of aromatic amines is 1. The first-order chi connectivity index (χ1) is 16.2. The Kier molecular flexibility index (Phi) is 6.05. The zero-order valence-corrected chi connectivity index (χ0v) is 19.2. The van der Waals surface area contributed by atoms with Gasteiger partial charge in [0, 0.05) is 24.5 Å². The Morgan fingerprint density at radius 3 is 2.53 bits per heavy atom. The van der Waals surface area contributed by atoms with Crippen LogP contribution in [0.5, 0.6) is 0 Å². The second-order valence-corrected chi connectivity index (χ2v) is 9.06. The molecule has 4 rings (SSSR count). The van der Waals surface area contributed by atoms with Crippen LogP contribution in [0, 0.1) is 6.92 Å². The molecule has 0 unspecified atom stereocenters. The number of anilines is 4. The number of aryl methyl sites for hydroxylation is 1. The van der Waals surface area contributed by atoms with Gasteiger partial charge in [-0.1, -0.05) is 12.1 Å². The van der Waals surface area contributed by atoms with Gasteiger partial charge >= 0.3 is 0 Å². The smallest absolute Gasteiger partial charge is 0.259 e. The number of nitrogens with two attached hydrogens (primary N) is 1. The van der Waals surface area contributed by atoms with E-state index in [4.69, 9.17) is 5.14 Å².